The van der Waals surface area contributed by atoms with Gasteiger partial charge in [-0.25, -0.2) is 4.98 Å². The molecule has 7 heteroatoms. The molecule has 1 aromatic carbocycles. The monoisotopic (exact) mass is 383 g/mol. The third kappa shape index (κ3) is 4.54. The van der Waals surface area contributed by atoms with Gasteiger partial charge in [0.1, 0.15) is 5.82 Å². The van der Waals surface area contributed by atoms with Crippen LogP contribution in [0, 0.1) is 6.92 Å². The number of nitrogens with one attached hydrogen (secondary N) is 2. The van der Waals surface area contributed by atoms with E-state index in [1.807, 2.05) is 13.0 Å². The van der Waals surface area contributed by atoms with Crippen LogP contribution in [0.3, 0.4) is 0 Å². The highest BCUT2D eigenvalue weighted by Crippen LogP contribution is 2.24. The van der Waals surface area contributed by atoms with Crippen LogP contribution in [0.25, 0.3) is 0 Å². The molecule has 2 aromatic rings. The Kier molecular flexibility index (Phi) is 5.50. The molecule has 0 amide bonds. The molecule has 0 aliphatic carbocycles. The number of benzene rings is 1. The van der Waals surface area contributed by atoms with Gasteiger partial charge in [0.05, 0.1) is 6.10 Å². The third-order valence-electron chi connectivity index (χ3n) is 5.03. The molecule has 2 aliphatic heterocycles. The minimum Gasteiger partial charge on any atom is -0.376 e. The standard InChI is InChI=1S/C20H25N5OS/c1-14-11-18(25-9-8-15-5-2-3-6-16(15)13-25)23-19(22-14)24-20(27)21-12-17-7-4-10-26-17/h2-3,5-6,11,17H,4,7-10,12-13H2,1H3,(H2,21,22,23,24,27)/t17-/m1/s1. The predicted molar refractivity (Wildman–Crippen MR) is 111 cm³/mol. The van der Waals surface area contributed by atoms with Crippen molar-refractivity contribution in [2.75, 3.05) is 29.9 Å². The summed E-state index contributed by atoms with van der Waals surface area (Å²) in [6.45, 7) is 5.36. The van der Waals surface area contributed by atoms with E-state index in [1.54, 1.807) is 0 Å². The van der Waals surface area contributed by atoms with Gasteiger partial charge in [0, 0.05) is 38.0 Å². The summed E-state index contributed by atoms with van der Waals surface area (Å²) < 4.78 is 5.61. The number of hydrogen-bond donors (Lipinski definition) is 2. The van der Waals surface area contributed by atoms with Crippen molar-refractivity contribution in [1.82, 2.24) is 15.3 Å². The molecule has 0 unspecified atom stereocenters. The van der Waals surface area contributed by atoms with Crippen LogP contribution in [0.15, 0.2) is 30.3 Å². The van der Waals surface area contributed by atoms with Gasteiger partial charge >= 0.3 is 0 Å². The Balaban J connectivity index is 1.41. The summed E-state index contributed by atoms with van der Waals surface area (Å²) in [4.78, 5) is 11.5. The summed E-state index contributed by atoms with van der Waals surface area (Å²) >= 11 is 5.39. The van der Waals surface area contributed by atoms with Gasteiger partial charge in [0.25, 0.3) is 0 Å². The maximum Gasteiger partial charge on any atom is 0.231 e. The van der Waals surface area contributed by atoms with Gasteiger partial charge in [0.15, 0.2) is 5.11 Å². The lowest BCUT2D eigenvalue weighted by Gasteiger charge is -2.30. The lowest BCUT2D eigenvalue weighted by atomic mass is 10.00. The van der Waals surface area contributed by atoms with Crippen molar-refractivity contribution in [3.05, 3.63) is 47.2 Å². The van der Waals surface area contributed by atoms with E-state index in [-0.39, 0.29) is 6.10 Å². The first-order chi connectivity index (χ1) is 13.2. The number of thiocarbonyl (C=S) groups is 1. The molecule has 0 bridgehead atoms. The SMILES string of the molecule is Cc1cc(N2CCc3ccccc3C2)nc(NC(=S)NC[C@H]2CCCO2)n1. The number of nitrogens with zero attached hydrogens (tertiary/aromatic N) is 3. The number of fused-ring (bicyclic) bond motifs is 1. The average Bonchev–Trinajstić information content (AvgIpc) is 3.19. The Morgan fingerprint density at radius 1 is 1.30 bits per heavy atom. The van der Waals surface area contributed by atoms with Gasteiger partial charge < -0.3 is 20.3 Å². The summed E-state index contributed by atoms with van der Waals surface area (Å²) in [5, 5.41) is 6.86. The van der Waals surface area contributed by atoms with Crippen molar-refractivity contribution in [3.63, 3.8) is 0 Å². The Labute approximate surface area is 165 Å². The number of aromatic nitrogens is 2. The van der Waals surface area contributed by atoms with Crippen LogP contribution in [-0.2, 0) is 17.7 Å². The van der Waals surface area contributed by atoms with E-state index in [2.05, 4.69) is 44.8 Å². The number of ether oxygens (including phenoxy) is 1. The maximum atomic E-state index is 5.61. The molecule has 27 heavy (non-hydrogen) atoms. The number of rotatable bonds is 4. The Morgan fingerprint density at radius 3 is 2.96 bits per heavy atom. The predicted octanol–water partition coefficient (Wildman–Crippen LogP) is 2.81. The molecule has 4 rings (SSSR count). The van der Waals surface area contributed by atoms with Crippen LogP contribution < -0.4 is 15.5 Å². The Hall–Kier alpha value is -2.25. The fourth-order valence-corrected chi connectivity index (χ4v) is 3.79. The minimum atomic E-state index is 0.243. The van der Waals surface area contributed by atoms with Gasteiger partial charge in [0.2, 0.25) is 5.95 Å². The van der Waals surface area contributed by atoms with E-state index in [1.165, 1.54) is 11.1 Å². The third-order valence-corrected chi connectivity index (χ3v) is 5.28. The fourth-order valence-electron chi connectivity index (χ4n) is 3.62. The van der Waals surface area contributed by atoms with E-state index < -0.39 is 0 Å². The molecule has 3 heterocycles. The molecule has 142 valence electrons. The molecule has 0 radical (unpaired) electrons. The van der Waals surface area contributed by atoms with Crippen LogP contribution in [-0.4, -0.2) is 40.9 Å². The number of anilines is 2. The van der Waals surface area contributed by atoms with Crippen LogP contribution >= 0.6 is 12.2 Å². The Morgan fingerprint density at radius 2 is 2.15 bits per heavy atom. The van der Waals surface area contributed by atoms with Crippen molar-refractivity contribution in [3.8, 4) is 0 Å². The second-order valence-corrected chi connectivity index (χ2v) is 7.51. The summed E-state index contributed by atoms with van der Waals surface area (Å²) in [6.07, 6.45) is 3.48. The second kappa shape index (κ2) is 8.19. The maximum absolute atomic E-state index is 5.61. The van der Waals surface area contributed by atoms with Crippen LogP contribution in [0.2, 0.25) is 0 Å². The number of hydrogen-bond acceptors (Lipinski definition) is 5. The van der Waals surface area contributed by atoms with E-state index in [9.17, 15) is 0 Å². The van der Waals surface area contributed by atoms with Gasteiger partial charge in [-0.3, -0.25) is 0 Å². The Bertz CT molecular complexity index is 822. The summed E-state index contributed by atoms with van der Waals surface area (Å²) in [5.74, 6) is 1.47. The lowest BCUT2D eigenvalue weighted by molar-refractivity contribution is 0.114. The highest BCUT2D eigenvalue weighted by molar-refractivity contribution is 7.80. The van der Waals surface area contributed by atoms with Crippen LogP contribution in [0.1, 0.15) is 29.7 Å². The lowest BCUT2D eigenvalue weighted by Crippen LogP contribution is -2.35. The largest absolute Gasteiger partial charge is 0.376 e. The average molecular weight is 384 g/mol. The molecular weight excluding hydrogens is 358 g/mol. The molecule has 2 N–H and O–H groups in total. The molecular formula is C20H25N5OS. The molecule has 1 atom stereocenters. The zero-order valence-electron chi connectivity index (χ0n) is 15.6. The second-order valence-electron chi connectivity index (χ2n) is 7.10. The zero-order valence-corrected chi connectivity index (χ0v) is 16.4. The van der Waals surface area contributed by atoms with Crippen molar-refractivity contribution in [2.45, 2.75) is 38.8 Å². The normalized spacial score (nSPS) is 18.9. The van der Waals surface area contributed by atoms with Gasteiger partial charge in [-0.15, -0.1) is 0 Å². The smallest absolute Gasteiger partial charge is 0.231 e. The first-order valence-electron chi connectivity index (χ1n) is 9.51. The van der Waals surface area contributed by atoms with Crippen molar-refractivity contribution < 1.29 is 4.74 Å². The van der Waals surface area contributed by atoms with E-state index >= 15 is 0 Å². The van der Waals surface area contributed by atoms with Crippen molar-refractivity contribution in [1.29, 1.82) is 0 Å². The first kappa shape index (κ1) is 18.1. The summed E-state index contributed by atoms with van der Waals surface area (Å²) in [5.41, 5.74) is 3.71. The van der Waals surface area contributed by atoms with Crippen LogP contribution in [0.5, 0.6) is 0 Å². The van der Waals surface area contributed by atoms with Crippen molar-refractivity contribution in [2.24, 2.45) is 0 Å². The molecule has 1 fully saturated rings. The van der Waals surface area contributed by atoms with Gasteiger partial charge in [-0.05, 0) is 49.5 Å². The van der Waals surface area contributed by atoms with E-state index in [4.69, 9.17) is 21.9 Å². The van der Waals surface area contributed by atoms with Gasteiger partial charge in [-0.1, -0.05) is 24.3 Å². The fraction of sp³-hybridized carbons (Fsp3) is 0.450. The van der Waals surface area contributed by atoms with Crippen molar-refractivity contribution >= 4 is 29.1 Å². The molecule has 2 aliphatic rings. The van der Waals surface area contributed by atoms with E-state index in [0.29, 0.717) is 17.6 Å². The van der Waals surface area contributed by atoms with E-state index in [0.717, 1.165) is 50.5 Å². The minimum absolute atomic E-state index is 0.243. The quantitative estimate of drug-likeness (QED) is 0.787. The van der Waals surface area contributed by atoms with Gasteiger partial charge in [-0.2, -0.15) is 4.98 Å². The molecule has 0 spiro atoms. The number of aryl methyl sites for hydroxylation is 1. The topological polar surface area (TPSA) is 62.3 Å². The summed E-state index contributed by atoms with van der Waals surface area (Å²) in [7, 11) is 0. The molecule has 1 aromatic heterocycles. The highest BCUT2D eigenvalue weighted by Gasteiger charge is 2.19. The summed E-state index contributed by atoms with van der Waals surface area (Å²) in [6, 6.07) is 10.6. The van der Waals surface area contributed by atoms with Crippen LogP contribution in [0.4, 0.5) is 11.8 Å². The molecule has 0 saturated carbocycles. The molecule has 1 saturated heterocycles. The zero-order chi connectivity index (χ0) is 18.6. The first-order valence-corrected chi connectivity index (χ1v) is 9.92. The highest BCUT2D eigenvalue weighted by atomic mass is 32.1. The molecule has 6 nitrogen and oxygen atoms in total.